The molecule has 0 fully saturated rings. The van der Waals surface area contributed by atoms with Crippen molar-refractivity contribution < 1.29 is 49.7 Å². The second kappa shape index (κ2) is 16.3. The fourth-order valence-electron chi connectivity index (χ4n) is 0.997. The normalized spacial score (nSPS) is 9.80. The van der Waals surface area contributed by atoms with Gasteiger partial charge in [0.25, 0.3) is 0 Å². The minimum Gasteiger partial charge on any atom is -0.416 e. The third-order valence-electron chi connectivity index (χ3n) is 1.80. The van der Waals surface area contributed by atoms with E-state index in [0.717, 1.165) is 5.56 Å². The maximum absolute atomic E-state index is 3.72. The van der Waals surface area contributed by atoms with Gasteiger partial charge >= 0.3 is 49.7 Å². The molecule has 1 heterocycles. The molecule has 4 heteroatoms. The van der Waals surface area contributed by atoms with Crippen LogP contribution in [0.4, 0.5) is 0 Å². The molecule has 2 aromatic carbocycles. The van der Waals surface area contributed by atoms with Gasteiger partial charge in [-0.3, -0.25) is 6.42 Å². The first-order valence-corrected chi connectivity index (χ1v) is 5.53. The summed E-state index contributed by atoms with van der Waals surface area (Å²) in [6.07, 6.45) is 5.81. The quantitative estimate of drug-likeness (QED) is 0.473. The van der Waals surface area contributed by atoms with Crippen LogP contribution in [0.1, 0.15) is 12.0 Å². The standard InChI is InChI=1S/C7H7.C6H5.C3H2N2.U.V/c1-7-5-3-2-4-6-7;1-2-4-6-5-3-1;1-2-4-5-3-1;;/h2-6H,1H2;1-5H;1H2;;/q2*-1;-2;2*+2. The molecule has 0 bridgehead atoms. The molecule has 0 amide bonds. The van der Waals surface area contributed by atoms with Crippen LogP contribution in [0.2, 0.25) is 0 Å². The molecule has 1 radical (unpaired) electrons. The molecule has 3 rings (SSSR count). The molecular weight excluding hydrogens is 509 g/mol. The van der Waals surface area contributed by atoms with Crippen molar-refractivity contribution in [3.8, 4) is 0 Å². The molecule has 0 N–H and O–H groups in total. The molecule has 1 aliphatic rings. The van der Waals surface area contributed by atoms with E-state index in [1.165, 1.54) is 0 Å². The first kappa shape index (κ1) is 21.6. The average Bonchev–Trinajstić information content (AvgIpc) is 3.01. The average molecular weight is 523 g/mol. The Morgan fingerprint density at radius 3 is 1.55 bits per heavy atom. The predicted octanol–water partition coefficient (Wildman–Crippen LogP) is 3.55. The van der Waals surface area contributed by atoms with E-state index in [4.69, 9.17) is 0 Å². The van der Waals surface area contributed by atoms with Crippen LogP contribution in [0.15, 0.2) is 70.9 Å². The van der Waals surface area contributed by atoms with Crippen LogP contribution in [0, 0.1) is 44.1 Å². The number of nitrogens with zero attached hydrogens (tertiary/aromatic N) is 2. The summed E-state index contributed by atoms with van der Waals surface area (Å²) >= 11 is 0. The van der Waals surface area contributed by atoms with Crippen molar-refractivity contribution in [3.05, 3.63) is 79.2 Å². The molecule has 2 nitrogen and oxygen atoms in total. The van der Waals surface area contributed by atoms with Gasteiger partial charge in [0.15, 0.2) is 0 Å². The van der Waals surface area contributed by atoms with Gasteiger partial charge in [0, 0.05) is 0 Å². The van der Waals surface area contributed by atoms with Crippen molar-refractivity contribution in [2.45, 2.75) is 6.42 Å². The smallest absolute Gasteiger partial charge is 0.416 e. The summed E-state index contributed by atoms with van der Waals surface area (Å²) in [6.45, 7) is 3.72. The predicted molar refractivity (Wildman–Crippen MR) is 75.7 cm³/mol. The van der Waals surface area contributed by atoms with E-state index in [1.54, 1.807) is 0 Å². The second-order valence-electron chi connectivity index (χ2n) is 3.26. The molecule has 0 atom stereocenters. The number of benzene rings is 2. The Kier molecular flexibility index (Phi) is 17.6. The largest absolute Gasteiger partial charge is 2.00 e. The van der Waals surface area contributed by atoms with Crippen LogP contribution in [0.25, 0.3) is 0 Å². The van der Waals surface area contributed by atoms with E-state index in [2.05, 4.69) is 35.6 Å². The summed E-state index contributed by atoms with van der Waals surface area (Å²) in [5.41, 5.74) is 1.07. The monoisotopic (exact) mass is 523 g/mol. The zero-order chi connectivity index (χ0) is 12.9. The summed E-state index contributed by atoms with van der Waals surface area (Å²) in [6, 6.07) is 22.4. The molecule has 1 aliphatic heterocycles. The SMILES string of the molecule is [C-]1=NN=[C-]C1.[CH2-]c1ccccc1.[U+2].[V+2].[c-]1ccccc1. The van der Waals surface area contributed by atoms with E-state index in [0.29, 0.717) is 6.42 Å². The zero-order valence-electron chi connectivity index (χ0n) is 11.0. The number of hydrogen-bond acceptors (Lipinski definition) is 2. The third-order valence-corrected chi connectivity index (χ3v) is 1.80. The Hall–Kier alpha value is -0.714. The van der Waals surface area contributed by atoms with E-state index < -0.39 is 0 Å². The fraction of sp³-hybridized carbons (Fsp3) is 0.0625. The van der Waals surface area contributed by atoms with Crippen molar-refractivity contribution in [2.24, 2.45) is 10.2 Å². The molecule has 0 unspecified atom stereocenters. The molecule has 0 aromatic heterocycles. The maximum atomic E-state index is 3.72. The molecule has 0 saturated heterocycles. The minimum atomic E-state index is 0. The van der Waals surface area contributed by atoms with Crippen LogP contribution in [0.3, 0.4) is 0 Å². The molecule has 20 heavy (non-hydrogen) atoms. The number of rotatable bonds is 0. The van der Waals surface area contributed by atoms with Crippen molar-refractivity contribution >= 4 is 12.4 Å². The van der Waals surface area contributed by atoms with Crippen LogP contribution >= 0.6 is 0 Å². The number of hydrogen-bond donors (Lipinski definition) is 0. The topological polar surface area (TPSA) is 24.7 Å². The van der Waals surface area contributed by atoms with Gasteiger partial charge in [-0.15, -0.1) is 12.1 Å². The van der Waals surface area contributed by atoms with Crippen LogP contribution in [-0.4, -0.2) is 12.4 Å². The van der Waals surface area contributed by atoms with Crippen molar-refractivity contribution in [1.82, 2.24) is 0 Å². The Morgan fingerprint density at radius 2 is 1.35 bits per heavy atom. The molecule has 2 aromatic rings. The Labute approximate surface area is 157 Å². The maximum Gasteiger partial charge on any atom is 2.00 e. The molecular formula is C16H14N2UV. The van der Waals surface area contributed by atoms with Crippen LogP contribution < -0.4 is 0 Å². The molecule has 0 spiro atoms. The van der Waals surface area contributed by atoms with Gasteiger partial charge in [-0.25, -0.2) is 0 Å². The van der Waals surface area contributed by atoms with Crippen molar-refractivity contribution in [2.75, 3.05) is 0 Å². The summed E-state index contributed by atoms with van der Waals surface area (Å²) < 4.78 is 0. The zero-order valence-corrected chi connectivity index (χ0v) is 16.6. The Morgan fingerprint density at radius 1 is 0.850 bits per heavy atom. The second-order valence-corrected chi connectivity index (χ2v) is 3.26. The van der Waals surface area contributed by atoms with Crippen LogP contribution in [0.5, 0.6) is 0 Å². The van der Waals surface area contributed by atoms with Gasteiger partial charge in [-0.1, -0.05) is 6.07 Å². The summed E-state index contributed by atoms with van der Waals surface area (Å²) in [7, 11) is 0. The third kappa shape index (κ3) is 13.7. The van der Waals surface area contributed by atoms with Gasteiger partial charge < -0.3 is 22.6 Å². The summed E-state index contributed by atoms with van der Waals surface area (Å²) in [5.74, 6) is 0. The van der Waals surface area contributed by atoms with Gasteiger partial charge in [-0.05, 0) is 0 Å². The van der Waals surface area contributed by atoms with E-state index in [-0.39, 0.29) is 49.7 Å². The van der Waals surface area contributed by atoms with Gasteiger partial charge in [-0.2, -0.15) is 61.0 Å². The molecule has 0 aliphatic carbocycles. The molecule has 97 valence electrons. The van der Waals surface area contributed by atoms with Gasteiger partial charge in [0.2, 0.25) is 0 Å². The minimum absolute atomic E-state index is 0. The molecule has 0 saturated carbocycles. The summed E-state index contributed by atoms with van der Waals surface area (Å²) in [5, 5.41) is 6.69. The van der Waals surface area contributed by atoms with E-state index >= 15 is 0 Å². The van der Waals surface area contributed by atoms with Crippen molar-refractivity contribution in [3.63, 3.8) is 0 Å². The van der Waals surface area contributed by atoms with Crippen LogP contribution in [-0.2, 0) is 18.6 Å². The first-order valence-electron chi connectivity index (χ1n) is 5.53. The first-order chi connectivity index (χ1) is 8.89. The van der Waals surface area contributed by atoms with Gasteiger partial charge in [0.05, 0.1) is 0 Å². The van der Waals surface area contributed by atoms with E-state index in [1.807, 2.05) is 60.7 Å². The van der Waals surface area contributed by atoms with Crippen molar-refractivity contribution in [1.29, 1.82) is 0 Å². The van der Waals surface area contributed by atoms with E-state index in [9.17, 15) is 0 Å². The fourth-order valence-corrected chi connectivity index (χ4v) is 0.997. The Balaban J connectivity index is 0. The Bertz CT molecular complexity index is 422. The van der Waals surface area contributed by atoms with Gasteiger partial charge in [0.1, 0.15) is 0 Å². The summed E-state index contributed by atoms with van der Waals surface area (Å²) in [4.78, 5) is 0.